The van der Waals surface area contributed by atoms with Crippen LogP contribution in [0.4, 0.5) is 0 Å². The summed E-state index contributed by atoms with van der Waals surface area (Å²) in [6.45, 7) is 6.48. The summed E-state index contributed by atoms with van der Waals surface area (Å²) >= 11 is 5.63. The standard InChI is InChI=1S/C10H20ClNO2/c1-8(2)12(5-4-6-13)10(14)9(3)7-11/h8-9,13H,4-7H2,1-3H3. The lowest BCUT2D eigenvalue weighted by atomic mass is 10.1. The van der Waals surface area contributed by atoms with Crippen molar-refractivity contribution in [1.82, 2.24) is 4.90 Å². The van der Waals surface area contributed by atoms with Gasteiger partial charge in [-0.15, -0.1) is 11.6 Å². The maximum atomic E-state index is 11.8. The molecule has 0 fully saturated rings. The second-order valence-electron chi connectivity index (χ2n) is 3.76. The van der Waals surface area contributed by atoms with Crippen molar-refractivity contribution >= 4 is 17.5 Å². The van der Waals surface area contributed by atoms with Crippen LogP contribution >= 0.6 is 11.6 Å². The molecular weight excluding hydrogens is 202 g/mol. The van der Waals surface area contributed by atoms with Gasteiger partial charge in [-0.05, 0) is 20.3 Å². The van der Waals surface area contributed by atoms with Crippen LogP contribution in [0.2, 0.25) is 0 Å². The maximum absolute atomic E-state index is 11.8. The Morgan fingerprint density at radius 1 is 1.43 bits per heavy atom. The first kappa shape index (κ1) is 13.7. The number of carbonyl (C=O) groups is 1. The first-order chi connectivity index (χ1) is 6.54. The molecule has 4 heteroatoms. The third-order valence-electron chi connectivity index (χ3n) is 2.12. The number of nitrogens with zero attached hydrogens (tertiary/aromatic N) is 1. The molecule has 14 heavy (non-hydrogen) atoms. The molecule has 0 aliphatic carbocycles. The number of alkyl halides is 1. The molecule has 1 atom stereocenters. The Kier molecular flexibility index (Phi) is 6.93. The Morgan fingerprint density at radius 3 is 2.36 bits per heavy atom. The van der Waals surface area contributed by atoms with Crippen molar-refractivity contribution in [2.75, 3.05) is 19.0 Å². The van der Waals surface area contributed by atoms with Crippen molar-refractivity contribution in [2.24, 2.45) is 5.92 Å². The van der Waals surface area contributed by atoms with Gasteiger partial charge in [0.2, 0.25) is 5.91 Å². The SMILES string of the molecule is CC(CCl)C(=O)N(CCCO)C(C)C. The summed E-state index contributed by atoms with van der Waals surface area (Å²) in [6, 6.07) is 0.166. The molecular formula is C10H20ClNO2. The van der Waals surface area contributed by atoms with E-state index in [4.69, 9.17) is 16.7 Å². The summed E-state index contributed by atoms with van der Waals surface area (Å²) < 4.78 is 0. The van der Waals surface area contributed by atoms with Crippen molar-refractivity contribution in [2.45, 2.75) is 33.2 Å². The normalized spacial score (nSPS) is 13.0. The van der Waals surface area contributed by atoms with Crippen LogP contribution in [0.5, 0.6) is 0 Å². The van der Waals surface area contributed by atoms with E-state index in [-0.39, 0.29) is 24.5 Å². The van der Waals surface area contributed by atoms with Crippen molar-refractivity contribution in [3.05, 3.63) is 0 Å². The van der Waals surface area contributed by atoms with E-state index in [1.807, 2.05) is 20.8 Å². The lowest BCUT2D eigenvalue weighted by Crippen LogP contribution is -2.41. The smallest absolute Gasteiger partial charge is 0.226 e. The third kappa shape index (κ3) is 4.29. The number of hydrogen-bond donors (Lipinski definition) is 1. The Hall–Kier alpha value is -0.280. The van der Waals surface area contributed by atoms with Gasteiger partial charge in [0.15, 0.2) is 0 Å². The molecule has 0 radical (unpaired) electrons. The number of rotatable bonds is 6. The van der Waals surface area contributed by atoms with Crippen molar-refractivity contribution in [3.63, 3.8) is 0 Å². The number of hydrogen-bond acceptors (Lipinski definition) is 2. The molecule has 1 amide bonds. The largest absolute Gasteiger partial charge is 0.396 e. The van der Waals surface area contributed by atoms with Crippen LogP contribution in [0.25, 0.3) is 0 Å². The molecule has 0 rings (SSSR count). The fraction of sp³-hybridized carbons (Fsp3) is 0.900. The van der Waals surface area contributed by atoms with Gasteiger partial charge >= 0.3 is 0 Å². The molecule has 0 saturated carbocycles. The van der Waals surface area contributed by atoms with Crippen LogP contribution in [0.15, 0.2) is 0 Å². The molecule has 0 spiro atoms. The summed E-state index contributed by atoms with van der Waals surface area (Å²) in [5, 5.41) is 8.71. The van der Waals surface area contributed by atoms with Crippen LogP contribution in [0.3, 0.4) is 0 Å². The van der Waals surface area contributed by atoms with Gasteiger partial charge in [0.05, 0.1) is 0 Å². The predicted molar refractivity (Wildman–Crippen MR) is 58.4 cm³/mol. The Balaban J connectivity index is 4.25. The minimum atomic E-state index is -0.141. The van der Waals surface area contributed by atoms with Gasteiger partial charge in [0.1, 0.15) is 0 Å². The van der Waals surface area contributed by atoms with E-state index < -0.39 is 0 Å². The molecule has 0 saturated heterocycles. The summed E-state index contributed by atoms with van der Waals surface area (Å²) in [6.07, 6.45) is 0.624. The van der Waals surface area contributed by atoms with E-state index in [2.05, 4.69) is 0 Å². The molecule has 0 aliphatic heterocycles. The first-order valence-corrected chi connectivity index (χ1v) is 5.55. The van der Waals surface area contributed by atoms with E-state index >= 15 is 0 Å². The molecule has 3 nitrogen and oxygen atoms in total. The number of halogens is 1. The van der Waals surface area contributed by atoms with E-state index in [0.29, 0.717) is 18.8 Å². The number of aliphatic hydroxyl groups is 1. The Bertz CT molecular complexity index is 174. The summed E-state index contributed by atoms with van der Waals surface area (Å²) in [4.78, 5) is 13.5. The van der Waals surface area contributed by atoms with Crippen LogP contribution in [-0.2, 0) is 4.79 Å². The average Bonchev–Trinajstić information content (AvgIpc) is 2.16. The monoisotopic (exact) mass is 221 g/mol. The molecule has 0 aliphatic rings. The van der Waals surface area contributed by atoms with Crippen molar-refractivity contribution < 1.29 is 9.90 Å². The summed E-state index contributed by atoms with van der Waals surface area (Å²) in [5.41, 5.74) is 0. The highest BCUT2D eigenvalue weighted by atomic mass is 35.5. The zero-order chi connectivity index (χ0) is 11.1. The van der Waals surface area contributed by atoms with Gasteiger partial charge in [0.25, 0.3) is 0 Å². The van der Waals surface area contributed by atoms with Crippen molar-refractivity contribution in [1.29, 1.82) is 0 Å². The van der Waals surface area contributed by atoms with Gasteiger partial charge in [0, 0.05) is 31.0 Å². The molecule has 1 N–H and O–H groups in total. The molecule has 0 aromatic rings. The zero-order valence-corrected chi connectivity index (χ0v) is 9.92. The highest BCUT2D eigenvalue weighted by Crippen LogP contribution is 2.09. The van der Waals surface area contributed by atoms with Crippen LogP contribution < -0.4 is 0 Å². The van der Waals surface area contributed by atoms with E-state index in [9.17, 15) is 4.79 Å². The fourth-order valence-corrected chi connectivity index (χ4v) is 1.35. The first-order valence-electron chi connectivity index (χ1n) is 5.01. The van der Waals surface area contributed by atoms with E-state index in [0.717, 1.165) is 0 Å². The molecule has 1 unspecified atom stereocenters. The third-order valence-corrected chi connectivity index (χ3v) is 2.58. The van der Waals surface area contributed by atoms with Gasteiger partial charge in [-0.25, -0.2) is 0 Å². The van der Waals surface area contributed by atoms with Crippen molar-refractivity contribution in [3.8, 4) is 0 Å². The molecule has 0 bridgehead atoms. The second kappa shape index (κ2) is 7.07. The van der Waals surface area contributed by atoms with Gasteiger partial charge in [-0.1, -0.05) is 6.92 Å². The van der Waals surface area contributed by atoms with Crippen LogP contribution in [-0.4, -0.2) is 41.0 Å². The quantitative estimate of drug-likeness (QED) is 0.691. The molecule has 0 heterocycles. The maximum Gasteiger partial charge on any atom is 0.226 e. The lowest BCUT2D eigenvalue weighted by Gasteiger charge is -2.28. The van der Waals surface area contributed by atoms with Crippen LogP contribution in [0.1, 0.15) is 27.2 Å². The van der Waals surface area contributed by atoms with E-state index in [1.54, 1.807) is 4.90 Å². The minimum Gasteiger partial charge on any atom is -0.396 e. The van der Waals surface area contributed by atoms with Gasteiger partial charge in [-0.2, -0.15) is 0 Å². The minimum absolute atomic E-state index is 0.0726. The Labute approximate surface area is 91.0 Å². The van der Waals surface area contributed by atoms with Crippen LogP contribution in [0, 0.1) is 5.92 Å². The summed E-state index contributed by atoms with van der Waals surface area (Å²) in [7, 11) is 0. The van der Waals surface area contributed by atoms with Gasteiger partial charge in [-0.3, -0.25) is 4.79 Å². The topological polar surface area (TPSA) is 40.5 Å². The molecule has 84 valence electrons. The molecule has 0 aromatic heterocycles. The number of aliphatic hydroxyl groups excluding tert-OH is 1. The number of amides is 1. The second-order valence-corrected chi connectivity index (χ2v) is 4.07. The predicted octanol–water partition coefficient (Wildman–Crippen LogP) is 1.48. The Morgan fingerprint density at radius 2 is 2.00 bits per heavy atom. The molecule has 0 aromatic carbocycles. The number of carbonyl (C=O) groups excluding carboxylic acids is 1. The zero-order valence-electron chi connectivity index (χ0n) is 9.16. The highest BCUT2D eigenvalue weighted by molar-refractivity contribution is 6.19. The lowest BCUT2D eigenvalue weighted by molar-refractivity contribution is -0.136. The highest BCUT2D eigenvalue weighted by Gasteiger charge is 2.21. The summed E-state index contributed by atoms with van der Waals surface area (Å²) in [5.74, 6) is 0.280. The fourth-order valence-electron chi connectivity index (χ4n) is 1.21. The average molecular weight is 222 g/mol. The van der Waals surface area contributed by atoms with Gasteiger partial charge < -0.3 is 10.0 Å². The van der Waals surface area contributed by atoms with E-state index in [1.165, 1.54) is 0 Å².